The first kappa shape index (κ1) is 26.7. The van der Waals surface area contributed by atoms with Crippen molar-refractivity contribution < 1.29 is 44.1 Å². The molecule has 0 aliphatic heterocycles. The summed E-state index contributed by atoms with van der Waals surface area (Å²) in [4.78, 5) is 68.0. The highest BCUT2D eigenvalue weighted by Crippen LogP contribution is 2.05. The second-order valence-electron chi connectivity index (χ2n) is 6.23. The van der Waals surface area contributed by atoms with Crippen molar-refractivity contribution in [3.8, 4) is 0 Å². The normalized spacial score (nSPS) is 13.6. The zero-order valence-corrected chi connectivity index (χ0v) is 17.8. The summed E-state index contributed by atoms with van der Waals surface area (Å²) in [5, 5.41) is 31.5. The van der Waals surface area contributed by atoms with Crippen LogP contribution >= 0.6 is 22.9 Å². The number of amides is 2. The summed E-state index contributed by atoms with van der Waals surface area (Å²) in [5.74, 6) is -5.53. The van der Waals surface area contributed by atoms with E-state index in [9.17, 15) is 33.9 Å². The van der Waals surface area contributed by atoms with Gasteiger partial charge in [-0.3, -0.25) is 14.4 Å². The molecule has 0 aliphatic rings. The average molecular weight is 529 g/mol. The maximum absolute atomic E-state index is 11.9. The Labute approximate surface area is 180 Å². The van der Waals surface area contributed by atoms with Crippen LogP contribution in [0.15, 0.2) is 0 Å². The number of hydrogen-bond acceptors (Lipinski definition) is 7. The Morgan fingerprint density at radius 1 is 0.690 bits per heavy atom. The molecule has 12 nitrogen and oxygen atoms in total. The Bertz CT molecular complexity index is 641. The van der Waals surface area contributed by atoms with Crippen molar-refractivity contribution in [2.45, 2.75) is 63.6 Å². The van der Waals surface area contributed by atoms with Gasteiger partial charge in [0.05, 0.1) is 0 Å². The fourth-order valence-corrected chi connectivity index (χ4v) is 2.75. The van der Waals surface area contributed by atoms with Gasteiger partial charge in [-0.2, -0.15) is 0 Å². The number of nitrogens with one attached hydrogen (secondary N) is 3. The zero-order chi connectivity index (χ0) is 22.6. The Morgan fingerprint density at radius 2 is 1.03 bits per heavy atom. The van der Waals surface area contributed by atoms with Crippen LogP contribution in [0.25, 0.3) is 0 Å². The minimum absolute atomic E-state index is 0.0333. The van der Waals surface area contributed by atoms with Crippen molar-refractivity contribution in [3.63, 3.8) is 0 Å². The standard InChI is InChI=1S/C16H24IN3O9/c1-8(21)2-3-9(14(24)25)18-12(22)6-4-10(15(26)27)19-13(23)7-5-11(20-17)16(28)29/h9-11,20H,2-7H2,1H3,(H,18,22)(H,19,23)(H,24,25)(H,26,27)(H,28,29). The quantitative estimate of drug-likeness (QED) is 0.118. The van der Waals surface area contributed by atoms with Crippen LogP contribution < -0.4 is 14.2 Å². The fraction of sp³-hybridized carbons (Fsp3) is 0.625. The minimum Gasteiger partial charge on any atom is -0.480 e. The summed E-state index contributed by atoms with van der Waals surface area (Å²) in [5.41, 5.74) is 0. The molecular weight excluding hydrogens is 505 g/mol. The van der Waals surface area contributed by atoms with Crippen LogP contribution in [0, 0.1) is 0 Å². The lowest BCUT2D eigenvalue weighted by atomic mass is 10.1. The first-order valence-corrected chi connectivity index (χ1v) is 9.68. The SMILES string of the molecule is CC(=O)CCC(NC(=O)CCC(NC(=O)CCC(NI)C(=O)O)C(=O)O)C(=O)O. The number of rotatable bonds is 15. The van der Waals surface area contributed by atoms with Crippen molar-refractivity contribution in [1.29, 1.82) is 0 Å². The molecule has 0 radical (unpaired) electrons. The Morgan fingerprint density at radius 3 is 1.34 bits per heavy atom. The largest absolute Gasteiger partial charge is 0.480 e. The lowest BCUT2D eigenvalue weighted by molar-refractivity contribution is -0.143. The highest BCUT2D eigenvalue weighted by Gasteiger charge is 2.25. The molecule has 29 heavy (non-hydrogen) atoms. The smallest absolute Gasteiger partial charge is 0.326 e. The fourth-order valence-electron chi connectivity index (χ4n) is 2.17. The van der Waals surface area contributed by atoms with Crippen molar-refractivity contribution in [2.75, 3.05) is 0 Å². The molecular formula is C16H24IN3O9. The molecule has 0 bridgehead atoms. The maximum Gasteiger partial charge on any atom is 0.326 e. The third-order valence-corrected chi connectivity index (χ3v) is 4.55. The van der Waals surface area contributed by atoms with E-state index < -0.39 is 47.8 Å². The van der Waals surface area contributed by atoms with E-state index in [0.717, 1.165) is 0 Å². The molecule has 2 amide bonds. The molecule has 0 aromatic heterocycles. The van der Waals surface area contributed by atoms with Gasteiger partial charge in [0.2, 0.25) is 11.8 Å². The molecule has 0 fully saturated rings. The Hall–Kier alpha value is -2.29. The summed E-state index contributed by atoms with van der Waals surface area (Å²) in [6.45, 7) is 1.29. The Balaban J connectivity index is 4.61. The first-order valence-electron chi connectivity index (χ1n) is 8.60. The van der Waals surface area contributed by atoms with Gasteiger partial charge < -0.3 is 30.7 Å². The second kappa shape index (κ2) is 13.8. The molecule has 6 N–H and O–H groups in total. The van der Waals surface area contributed by atoms with Crippen LogP contribution in [0.3, 0.4) is 0 Å². The monoisotopic (exact) mass is 529 g/mol. The van der Waals surface area contributed by atoms with Crippen molar-refractivity contribution in [3.05, 3.63) is 0 Å². The van der Waals surface area contributed by atoms with Gasteiger partial charge in [-0.25, -0.2) is 13.1 Å². The van der Waals surface area contributed by atoms with Gasteiger partial charge in [-0.15, -0.1) is 0 Å². The molecule has 0 aromatic rings. The van der Waals surface area contributed by atoms with Gasteiger partial charge in [0.15, 0.2) is 0 Å². The van der Waals surface area contributed by atoms with Crippen molar-refractivity contribution in [2.24, 2.45) is 0 Å². The lowest BCUT2D eigenvalue weighted by Crippen LogP contribution is -2.44. The predicted octanol–water partition coefficient (Wildman–Crippen LogP) is -0.552. The summed E-state index contributed by atoms with van der Waals surface area (Å²) in [6, 6.07) is -3.65. The van der Waals surface area contributed by atoms with E-state index in [1.807, 2.05) is 0 Å². The van der Waals surface area contributed by atoms with Gasteiger partial charge in [-0.1, -0.05) is 0 Å². The maximum atomic E-state index is 11.9. The number of carbonyl (C=O) groups is 6. The van der Waals surface area contributed by atoms with Gasteiger partial charge >= 0.3 is 17.9 Å². The molecule has 0 rings (SSSR count). The molecule has 164 valence electrons. The molecule has 0 saturated heterocycles. The van der Waals surface area contributed by atoms with Crippen LogP contribution in [-0.4, -0.2) is 69.0 Å². The number of halogens is 1. The molecule has 3 atom stereocenters. The zero-order valence-electron chi connectivity index (χ0n) is 15.6. The van der Waals surface area contributed by atoms with E-state index in [1.165, 1.54) is 6.92 Å². The number of carboxylic acids is 3. The second-order valence-corrected chi connectivity index (χ2v) is 6.86. The molecule has 0 aromatic carbocycles. The molecule has 0 heterocycles. The van der Waals surface area contributed by atoms with Crippen LogP contribution in [0.2, 0.25) is 0 Å². The third kappa shape index (κ3) is 12.0. The molecule has 13 heteroatoms. The summed E-state index contributed by atoms with van der Waals surface area (Å²) in [6.07, 6.45) is -1.09. The third-order valence-electron chi connectivity index (χ3n) is 3.80. The number of carbonyl (C=O) groups excluding carboxylic acids is 3. The number of carboxylic acid groups (broad SMARTS) is 3. The molecule has 3 unspecified atom stereocenters. The highest BCUT2D eigenvalue weighted by atomic mass is 127. The number of ketones is 1. The van der Waals surface area contributed by atoms with Crippen molar-refractivity contribution >= 4 is 58.4 Å². The highest BCUT2D eigenvalue weighted by molar-refractivity contribution is 14.1. The van der Waals surface area contributed by atoms with Crippen LogP contribution in [0.1, 0.15) is 45.4 Å². The topological polar surface area (TPSA) is 199 Å². The summed E-state index contributed by atoms with van der Waals surface area (Å²) < 4.78 is 2.47. The number of hydrogen-bond donors (Lipinski definition) is 6. The molecule has 0 aliphatic carbocycles. The first-order chi connectivity index (χ1) is 13.5. The molecule has 0 spiro atoms. The summed E-state index contributed by atoms with van der Waals surface area (Å²) in [7, 11) is 0. The molecule has 0 saturated carbocycles. The van der Waals surface area contributed by atoms with Gasteiger partial charge in [0.25, 0.3) is 0 Å². The number of aliphatic carboxylic acids is 3. The van der Waals surface area contributed by atoms with E-state index >= 15 is 0 Å². The van der Waals surface area contributed by atoms with Crippen LogP contribution in [0.4, 0.5) is 0 Å². The van der Waals surface area contributed by atoms with E-state index in [2.05, 4.69) is 14.2 Å². The van der Waals surface area contributed by atoms with Crippen LogP contribution in [-0.2, 0) is 28.8 Å². The van der Waals surface area contributed by atoms with E-state index in [4.69, 9.17) is 10.2 Å². The lowest BCUT2D eigenvalue weighted by Gasteiger charge is -2.17. The Kier molecular flexibility index (Phi) is 12.7. The summed E-state index contributed by atoms with van der Waals surface area (Å²) >= 11 is 1.63. The predicted molar refractivity (Wildman–Crippen MR) is 106 cm³/mol. The number of Topliss-reactive ketones (excluding diaryl/α,β-unsaturated/α-hetero) is 1. The van der Waals surface area contributed by atoms with Crippen LogP contribution in [0.5, 0.6) is 0 Å². The van der Waals surface area contributed by atoms with E-state index in [-0.39, 0.29) is 44.3 Å². The van der Waals surface area contributed by atoms with Gasteiger partial charge in [0, 0.05) is 42.1 Å². The van der Waals surface area contributed by atoms with Crippen molar-refractivity contribution in [1.82, 2.24) is 14.2 Å². The van der Waals surface area contributed by atoms with E-state index in [1.54, 1.807) is 22.9 Å². The van der Waals surface area contributed by atoms with Gasteiger partial charge in [-0.05, 0) is 26.2 Å². The van der Waals surface area contributed by atoms with Gasteiger partial charge in [0.1, 0.15) is 23.9 Å². The van der Waals surface area contributed by atoms with E-state index in [0.29, 0.717) is 0 Å². The minimum atomic E-state index is -1.40. The average Bonchev–Trinajstić information content (AvgIpc) is 2.61.